The molecule has 0 aliphatic rings. The van der Waals surface area contributed by atoms with Gasteiger partial charge in [-0.05, 0) is 60.7 Å². The van der Waals surface area contributed by atoms with E-state index in [4.69, 9.17) is 0 Å². The monoisotopic (exact) mass is 243 g/mol. The average Bonchev–Trinajstić information content (AvgIpc) is 2.34. The maximum absolute atomic E-state index is 9.41. The van der Waals surface area contributed by atoms with Crippen molar-refractivity contribution in [2.75, 3.05) is 0 Å². The van der Waals surface area contributed by atoms with Crippen molar-refractivity contribution >= 4 is 0 Å². The van der Waals surface area contributed by atoms with E-state index in [1.807, 2.05) is 39.2 Å². The van der Waals surface area contributed by atoms with Crippen molar-refractivity contribution in [3.05, 3.63) is 47.3 Å². The molecule has 0 atom stereocenters. The minimum Gasteiger partial charge on any atom is -0.508 e. The molecular weight excluding hydrogens is 222 g/mol. The van der Waals surface area contributed by atoms with Gasteiger partial charge in [-0.15, -0.1) is 0 Å². The third-order valence-corrected chi connectivity index (χ3v) is 2.80. The van der Waals surface area contributed by atoms with Crippen LogP contribution in [-0.2, 0) is 0 Å². The molecule has 96 valence electrons. The fraction of sp³-hybridized carbons (Fsp3) is 0.312. The third-order valence-electron chi connectivity index (χ3n) is 2.80. The van der Waals surface area contributed by atoms with Crippen molar-refractivity contribution in [3.63, 3.8) is 0 Å². The van der Waals surface area contributed by atoms with Crippen LogP contribution in [0.1, 0.15) is 30.5 Å². The highest BCUT2D eigenvalue weighted by Gasteiger charge is 2.08. The Kier molecular flexibility index (Phi) is 4.90. The Hall–Kier alpha value is -1.83. The van der Waals surface area contributed by atoms with Gasteiger partial charge in [-0.2, -0.15) is 0 Å². The first-order valence-electron chi connectivity index (χ1n) is 6.31. The molecule has 2 aromatic rings. The minimum absolute atomic E-state index is 0.311. The van der Waals surface area contributed by atoms with Gasteiger partial charge < -0.3 is 5.11 Å². The van der Waals surface area contributed by atoms with Crippen LogP contribution in [0.25, 0.3) is 11.1 Å². The van der Waals surface area contributed by atoms with Gasteiger partial charge in [-0.25, -0.2) is 0 Å². The lowest BCUT2D eigenvalue weighted by Gasteiger charge is -2.12. The SMILES string of the molecule is CC.Cc1cc(O)ccc1-c1c(C)cncc1C. The number of benzene rings is 1. The highest BCUT2D eigenvalue weighted by molar-refractivity contribution is 5.73. The van der Waals surface area contributed by atoms with Crippen LogP contribution < -0.4 is 0 Å². The van der Waals surface area contributed by atoms with Crippen molar-refractivity contribution in [2.24, 2.45) is 0 Å². The number of hydrogen-bond acceptors (Lipinski definition) is 2. The first-order valence-corrected chi connectivity index (χ1v) is 6.31. The van der Waals surface area contributed by atoms with Crippen molar-refractivity contribution in [1.29, 1.82) is 0 Å². The van der Waals surface area contributed by atoms with E-state index in [2.05, 4.69) is 18.8 Å². The summed E-state index contributed by atoms with van der Waals surface area (Å²) in [6.07, 6.45) is 3.74. The Bertz CT molecular complexity index is 512. The Morgan fingerprint density at radius 1 is 0.889 bits per heavy atom. The highest BCUT2D eigenvalue weighted by Crippen LogP contribution is 2.30. The second kappa shape index (κ2) is 6.20. The van der Waals surface area contributed by atoms with E-state index in [1.165, 1.54) is 5.56 Å². The fourth-order valence-electron chi connectivity index (χ4n) is 2.05. The first-order chi connectivity index (χ1) is 8.59. The summed E-state index contributed by atoms with van der Waals surface area (Å²) in [7, 11) is 0. The Morgan fingerprint density at radius 2 is 1.44 bits per heavy atom. The lowest BCUT2D eigenvalue weighted by molar-refractivity contribution is 0.475. The first kappa shape index (κ1) is 14.2. The van der Waals surface area contributed by atoms with E-state index in [1.54, 1.807) is 12.1 Å². The molecule has 1 aromatic heterocycles. The van der Waals surface area contributed by atoms with Gasteiger partial charge in [0.1, 0.15) is 5.75 Å². The van der Waals surface area contributed by atoms with Gasteiger partial charge in [0.2, 0.25) is 0 Å². The molecular formula is C16H21NO. The quantitative estimate of drug-likeness (QED) is 0.805. The summed E-state index contributed by atoms with van der Waals surface area (Å²) in [5.41, 5.74) is 5.78. The Balaban J connectivity index is 0.000000771. The average molecular weight is 243 g/mol. The van der Waals surface area contributed by atoms with Gasteiger partial charge in [0, 0.05) is 12.4 Å². The van der Waals surface area contributed by atoms with Crippen LogP contribution in [0, 0.1) is 20.8 Å². The Morgan fingerprint density at radius 3 is 1.94 bits per heavy atom. The summed E-state index contributed by atoms with van der Waals surface area (Å²) < 4.78 is 0. The van der Waals surface area contributed by atoms with E-state index < -0.39 is 0 Å². The zero-order valence-electron chi connectivity index (χ0n) is 11.8. The summed E-state index contributed by atoms with van der Waals surface area (Å²) in [5.74, 6) is 0.311. The predicted molar refractivity (Wildman–Crippen MR) is 76.9 cm³/mol. The number of aryl methyl sites for hydroxylation is 3. The summed E-state index contributed by atoms with van der Waals surface area (Å²) in [5, 5.41) is 9.41. The van der Waals surface area contributed by atoms with E-state index >= 15 is 0 Å². The number of nitrogens with zero attached hydrogens (tertiary/aromatic N) is 1. The van der Waals surface area contributed by atoms with Gasteiger partial charge in [-0.3, -0.25) is 4.98 Å². The molecule has 0 saturated carbocycles. The second-order valence-corrected chi connectivity index (χ2v) is 4.15. The molecule has 2 nitrogen and oxygen atoms in total. The predicted octanol–water partition coefficient (Wildman–Crippen LogP) is 4.41. The smallest absolute Gasteiger partial charge is 0.115 e. The van der Waals surface area contributed by atoms with Crippen LogP contribution in [0.4, 0.5) is 0 Å². The lowest BCUT2D eigenvalue weighted by atomic mass is 9.94. The summed E-state index contributed by atoms with van der Waals surface area (Å²) in [6, 6.07) is 5.47. The van der Waals surface area contributed by atoms with E-state index in [9.17, 15) is 5.11 Å². The standard InChI is InChI=1S/C14H15NO.C2H6/c1-9-6-12(16)4-5-13(9)14-10(2)7-15-8-11(14)3;1-2/h4-8,16H,1-3H3;1-2H3. The molecule has 0 amide bonds. The fourth-order valence-corrected chi connectivity index (χ4v) is 2.05. The van der Waals surface area contributed by atoms with Crippen molar-refractivity contribution in [1.82, 2.24) is 4.98 Å². The van der Waals surface area contributed by atoms with Gasteiger partial charge in [0.25, 0.3) is 0 Å². The molecule has 0 bridgehead atoms. The molecule has 0 aliphatic carbocycles. The number of aromatic nitrogens is 1. The number of aromatic hydroxyl groups is 1. The van der Waals surface area contributed by atoms with Crippen LogP contribution in [0.2, 0.25) is 0 Å². The summed E-state index contributed by atoms with van der Waals surface area (Å²) in [4.78, 5) is 4.17. The molecule has 0 fully saturated rings. The van der Waals surface area contributed by atoms with Crippen molar-refractivity contribution in [3.8, 4) is 16.9 Å². The molecule has 1 heterocycles. The molecule has 2 heteroatoms. The maximum Gasteiger partial charge on any atom is 0.115 e. The van der Waals surface area contributed by atoms with Crippen molar-refractivity contribution < 1.29 is 5.11 Å². The van der Waals surface area contributed by atoms with E-state index in [-0.39, 0.29) is 0 Å². The van der Waals surface area contributed by atoms with Crippen LogP contribution >= 0.6 is 0 Å². The number of hydrogen-bond donors (Lipinski definition) is 1. The topological polar surface area (TPSA) is 33.1 Å². The molecule has 0 saturated heterocycles. The van der Waals surface area contributed by atoms with Gasteiger partial charge >= 0.3 is 0 Å². The molecule has 0 aliphatic heterocycles. The minimum atomic E-state index is 0.311. The number of phenols is 1. The zero-order chi connectivity index (χ0) is 13.7. The molecule has 2 rings (SSSR count). The third kappa shape index (κ3) is 2.89. The normalized spacial score (nSPS) is 9.61. The van der Waals surface area contributed by atoms with Gasteiger partial charge in [-0.1, -0.05) is 19.9 Å². The zero-order valence-corrected chi connectivity index (χ0v) is 11.8. The maximum atomic E-state index is 9.41. The molecule has 18 heavy (non-hydrogen) atoms. The van der Waals surface area contributed by atoms with E-state index in [0.717, 1.165) is 22.3 Å². The number of phenolic OH excluding ortho intramolecular Hbond substituents is 1. The molecule has 0 unspecified atom stereocenters. The highest BCUT2D eigenvalue weighted by atomic mass is 16.3. The van der Waals surface area contributed by atoms with Crippen LogP contribution in [0.15, 0.2) is 30.6 Å². The molecule has 0 radical (unpaired) electrons. The number of rotatable bonds is 1. The summed E-state index contributed by atoms with van der Waals surface area (Å²) in [6.45, 7) is 10.1. The van der Waals surface area contributed by atoms with Gasteiger partial charge in [0.15, 0.2) is 0 Å². The van der Waals surface area contributed by atoms with Crippen LogP contribution in [-0.4, -0.2) is 10.1 Å². The number of pyridine rings is 1. The summed E-state index contributed by atoms with van der Waals surface area (Å²) >= 11 is 0. The van der Waals surface area contributed by atoms with E-state index in [0.29, 0.717) is 5.75 Å². The largest absolute Gasteiger partial charge is 0.508 e. The van der Waals surface area contributed by atoms with Crippen molar-refractivity contribution in [2.45, 2.75) is 34.6 Å². The van der Waals surface area contributed by atoms with Crippen LogP contribution in [0.3, 0.4) is 0 Å². The lowest BCUT2D eigenvalue weighted by Crippen LogP contribution is -1.92. The molecule has 1 aromatic carbocycles. The second-order valence-electron chi connectivity index (χ2n) is 4.15. The van der Waals surface area contributed by atoms with Crippen LogP contribution in [0.5, 0.6) is 5.75 Å². The Labute approximate surface area is 109 Å². The van der Waals surface area contributed by atoms with Gasteiger partial charge in [0.05, 0.1) is 0 Å². The molecule has 0 spiro atoms. The molecule has 1 N–H and O–H groups in total.